The first kappa shape index (κ1) is 20.6. The van der Waals surface area contributed by atoms with Crippen LogP contribution in [0.25, 0.3) is 0 Å². The highest BCUT2D eigenvalue weighted by Gasteiger charge is 2.47. The minimum absolute atomic E-state index is 0.0730. The molecule has 1 aliphatic rings. The van der Waals surface area contributed by atoms with Crippen molar-refractivity contribution in [1.29, 1.82) is 0 Å². The van der Waals surface area contributed by atoms with Crippen molar-refractivity contribution in [3.8, 4) is 5.75 Å². The average Bonchev–Trinajstić information content (AvgIpc) is 3.35. The third-order valence-electron chi connectivity index (χ3n) is 5.52. The van der Waals surface area contributed by atoms with Crippen LogP contribution in [-0.2, 0) is 17.9 Å². The Morgan fingerprint density at radius 2 is 1.97 bits per heavy atom. The van der Waals surface area contributed by atoms with Crippen LogP contribution in [0.15, 0.2) is 41.2 Å². The van der Waals surface area contributed by atoms with Gasteiger partial charge in [0, 0.05) is 18.3 Å². The Labute approximate surface area is 179 Å². The summed E-state index contributed by atoms with van der Waals surface area (Å²) in [5.74, 6) is 0.474. The van der Waals surface area contributed by atoms with Crippen LogP contribution in [-0.4, -0.2) is 42.9 Å². The summed E-state index contributed by atoms with van der Waals surface area (Å²) >= 11 is 0. The smallest absolute Gasteiger partial charge is 0.332 e. The molecule has 1 saturated heterocycles. The number of carbonyl (C=O) groups excluding carboxylic acids is 2. The molecule has 0 bridgehead atoms. The number of phenolic OH excluding ortho intramolecular Hbond substituents is 1. The van der Waals surface area contributed by atoms with E-state index in [-0.39, 0.29) is 24.1 Å². The van der Waals surface area contributed by atoms with E-state index in [4.69, 9.17) is 4.52 Å². The monoisotopic (exact) mass is 423 g/mol. The van der Waals surface area contributed by atoms with E-state index in [1.807, 2.05) is 33.8 Å². The molecule has 4 rings (SSSR count). The summed E-state index contributed by atoms with van der Waals surface area (Å²) in [6, 6.07) is 5.71. The normalized spacial score (nSPS) is 16.7. The second kappa shape index (κ2) is 7.90. The molecule has 0 spiro atoms. The molecular formula is C22H25N5O4. The Morgan fingerprint density at radius 1 is 1.19 bits per heavy atom. The lowest BCUT2D eigenvalue weighted by Gasteiger charge is -2.24. The summed E-state index contributed by atoms with van der Waals surface area (Å²) in [5.41, 5.74) is 2.87. The SMILES string of the molecule is Cc1noc(C)c1Cn1cc(N2C(=O)[C@H](C(C)C)N(Cc3cccc(O)c3)C2=O)cn1. The van der Waals surface area contributed by atoms with Gasteiger partial charge in [-0.1, -0.05) is 31.1 Å². The van der Waals surface area contributed by atoms with Gasteiger partial charge in [0.05, 0.1) is 24.1 Å². The fourth-order valence-electron chi connectivity index (χ4n) is 3.95. The maximum Gasteiger partial charge on any atom is 0.332 e. The molecule has 0 saturated carbocycles. The van der Waals surface area contributed by atoms with Crippen molar-refractivity contribution in [3.05, 3.63) is 59.2 Å². The van der Waals surface area contributed by atoms with Crippen LogP contribution in [0, 0.1) is 19.8 Å². The lowest BCUT2D eigenvalue weighted by Crippen LogP contribution is -2.38. The van der Waals surface area contributed by atoms with Gasteiger partial charge in [0.2, 0.25) is 0 Å². The number of nitrogens with zero attached hydrogens (tertiary/aromatic N) is 5. The number of anilines is 1. The van der Waals surface area contributed by atoms with Crippen molar-refractivity contribution in [2.45, 2.75) is 46.8 Å². The van der Waals surface area contributed by atoms with Crippen LogP contribution in [0.5, 0.6) is 5.75 Å². The second-order valence-electron chi connectivity index (χ2n) is 8.14. The van der Waals surface area contributed by atoms with Gasteiger partial charge in [-0.25, -0.2) is 9.69 Å². The third kappa shape index (κ3) is 3.78. The lowest BCUT2D eigenvalue weighted by atomic mass is 10.0. The van der Waals surface area contributed by atoms with Gasteiger partial charge in [-0.05, 0) is 37.5 Å². The summed E-state index contributed by atoms with van der Waals surface area (Å²) in [4.78, 5) is 29.2. The van der Waals surface area contributed by atoms with E-state index < -0.39 is 12.1 Å². The molecule has 0 aliphatic carbocycles. The minimum atomic E-state index is -0.597. The molecule has 162 valence electrons. The van der Waals surface area contributed by atoms with Gasteiger partial charge in [0.25, 0.3) is 5.91 Å². The van der Waals surface area contributed by atoms with Gasteiger partial charge in [0.1, 0.15) is 17.6 Å². The summed E-state index contributed by atoms with van der Waals surface area (Å²) in [6.45, 7) is 8.17. The zero-order valence-corrected chi connectivity index (χ0v) is 17.9. The van der Waals surface area contributed by atoms with Gasteiger partial charge in [0.15, 0.2) is 0 Å². The molecule has 3 heterocycles. The fraction of sp³-hybridized carbons (Fsp3) is 0.364. The number of benzene rings is 1. The number of amides is 3. The highest BCUT2D eigenvalue weighted by Crippen LogP contribution is 2.30. The van der Waals surface area contributed by atoms with Crippen molar-refractivity contribution in [1.82, 2.24) is 19.8 Å². The Kier molecular flexibility index (Phi) is 5.26. The molecule has 1 aromatic carbocycles. The van der Waals surface area contributed by atoms with E-state index >= 15 is 0 Å². The molecule has 1 aliphatic heterocycles. The van der Waals surface area contributed by atoms with Gasteiger partial charge in [-0.3, -0.25) is 9.48 Å². The highest BCUT2D eigenvalue weighted by molar-refractivity contribution is 6.21. The van der Waals surface area contributed by atoms with Crippen LogP contribution in [0.4, 0.5) is 10.5 Å². The van der Waals surface area contributed by atoms with E-state index in [1.54, 1.807) is 34.0 Å². The summed E-state index contributed by atoms with van der Waals surface area (Å²) in [5, 5.41) is 18.0. The predicted molar refractivity (Wildman–Crippen MR) is 112 cm³/mol. The average molecular weight is 423 g/mol. The predicted octanol–water partition coefficient (Wildman–Crippen LogP) is 3.24. The number of imide groups is 1. The van der Waals surface area contributed by atoms with Gasteiger partial charge >= 0.3 is 6.03 Å². The van der Waals surface area contributed by atoms with E-state index in [9.17, 15) is 14.7 Å². The summed E-state index contributed by atoms with van der Waals surface area (Å²) in [6.07, 6.45) is 3.19. The molecule has 3 amide bonds. The molecule has 1 fully saturated rings. The molecule has 1 atom stereocenters. The first-order valence-corrected chi connectivity index (χ1v) is 10.1. The zero-order valence-electron chi connectivity index (χ0n) is 17.9. The number of hydrogen-bond donors (Lipinski definition) is 1. The molecule has 9 heteroatoms. The minimum Gasteiger partial charge on any atom is -0.508 e. The van der Waals surface area contributed by atoms with Crippen molar-refractivity contribution in [2.75, 3.05) is 4.90 Å². The van der Waals surface area contributed by atoms with E-state index in [1.165, 1.54) is 11.1 Å². The molecular weight excluding hydrogens is 398 g/mol. The Bertz CT molecular complexity index is 1110. The number of aromatic hydroxyl groups is 1. The van der Waals surface area contributed by atoms with Crippen LogP contribution in [0.2, 0.25) is 0 Å². The zero-order chi connectivity index (χ0) is 22.3. The van der Waals surface area contributed by atoms with E-state index in [2.05, 4.69) is 10.3 Å². The molecule has 3 aromatic rings. The molecule has 9 nitrogen and oxygen atoms in total. The van der Waals surface area contributed by atoms with Crippen LogP contribution >= 0.6 is 0 Å². The molecule has 0 radical (unpaired) electrons. The molecule has 2 aromatic heterocycles. The summed E-state index contributed by atoms with van der Waals surface area (Å²) < 4.78 is 6.85. The largest absolute Gasteiger partial charge is 0.508 e. The first-order chi connectivity index (χ1) is 14.8. The fourth-order valence-corrected chi connectivity index (χ4v) is 3.95. The number of aryl methyl sites for hydroxylation is 2. The highest BCUT2D eigenvalue weighted by atomic mass is 16.5. The van der Waals surface area contributed by atoms with Gasteiger partial charge in [-0.15, -0.1) is 0 Å². The molecule has 0 unspecified atom stereocenters. The molecule has 1 N–H and O–H groups in total. The van der Waals surface area contributed by atoms with E-state index in [0.717, 1.165) is 16.8 Å². The molecule has 31 heavy (non-hydrogen) atoms. The van der Waals surface area contributed by atoms with Gasteiger partial charge in [-0.2, -0.15) is 5.10 Å². The maximum atomic E-state index is 13.3. The number of aromatic nitrogens is 3. The topological polar surface area (TPSA) is 105 Å². The number of carbonyl (C=O) groups is 2. The third-order valence-corrected chi connectivity index (χ3v) is 5.52. The van der Waals surface area contributed by atoms with Gasteiger partial charge < -0.3 is 14.5 Å². The first-order valence-electron chi connectivity index (χ1n) is 10.1. The van der Waals surface area contributed by atoms with Crippen LogP contribution < -0.4 is 4.90 Å². The summed E-state index contributed by atoms with van der Waals surface area (Å²) in [7, 11) is 0. The Morgan fingerprint density at radius 3 is 2.61 bits per heavy atom. The Balaban J connectivity index is 1.60. The standard InChI is InChI=1S/C22H25N5O4/c1-13(2)20-21(29)27(22(30)26(20)10-16-6-5-7-18(28)8-16)17-9-23-25(11-17)12-19-14(3)24-31-15(19)4/h5-9,11,13,20,28H,10,12H2,1-4H3/t20-/m0/s1. The lowest BCUT2D eigenvalue weighted by molar-refractivity contribution is -0.120. The van der Waals surface area contributed by atoms with Crippen LogP contribution in [0.3, 0.4) is 0 Å². The number of urea groups is 1. The number of phenols is 1. The quantitative estimate of drug-likeness (QED) is 0.611. The van der Waals surface area contributed by atoms with Crippen molar-refractivity contribution in [3.63, 3.8) is 0 Å². The number of hydrogen-bond acceptors (Lipinski definition) is 6. The van der Waals surface area contributed by atoms with E-state index in [0.29, 0.717) is 18.0 Å². The second-order valence-corrected chi connectivity index (χ2v) is 8.14. The number of rotatable bonds is 6. The Hall–Kier alpha value is -3.62. The van der Waals surface area contributed by atoms with Crippen molar-refractivity contribution < 1.29 is 19.2 Å². The van der Waals surface area contributed by atoms with Crippen molar-refractivity contribution >= 4 is 17.6 Å². The van der Waals surface area contributed by atoms with Crippen LogP contribution in [0.1, 0.15) is 36.4 Å². The maximum absolute atomic E-state index is 13.3. The van der Waals surface area contributed by atoms with Crippen molar-refractivity contribution in [2.24, 2.45) is 5.92 Å².